The first-order valence-corrected chi connectivity index (χ1v) is 7.33. The predicted molar refractivity (Wildman–Crippen MR) is 90.2 cm³/mol. The highest BCUT2D eigenvalue weighted by molar-refractivity contribution is 5.58. The van der Waals surface area contributed by atoms with Gasteiger partial charge in [-0.2, -0.15) is 0 Å². The third-order valence-corrected chi connectivity index (χ3v) is 3.34. The number of nitrogens with zero attached hydrogens (tertiary/aromatic N) is 2. The number of aromatic nitrogens is 2. The highest BCUT2D eigenvalue weighted by atomic mass is 19.1. The lowest BCUT2D eigenvalue weighted by Crippen LogP contribution is -2.03. The molecular weight excluding hydrogens is 291 g/mol. The number of nitrogens with one attached hydrogen (secondary N) is 2. The summed E-state index contributed by atoms with van der Waals surface area (Å²) in [6.07, 6.45) is 1.49. The fraction of sp³-hybridized carbons (Fsp3) is 0.111. The molecule has 1 heterocycles. The summed E-state index contributed by atoms with van der Waals surface area (Å²) < 4.78 is 12.9. The van der Waals surface area contributed by atoms with Gasteiger partial charge in [-0.3, -0.25) is 0 Å². The van der Waals surface area contributed by atoms with Crippen LogP contribution in [0.2, 0.25) is 0 Å². The van der Waals surface area contributed by atoms with Gasteiger partial charge in [0.05, 0.1) is 0 Å². The van der Waals surface area contributed by atoms with Gasteiger partial charge in [0.15, 0.2) is 0 Å². The van der Waals surface area contributed by atoms with E-state index >= 15 is 0 Å². The second-order valence-electron chi connectivity index (χ2n) is 5.26. The number of hydrogen-bond acceptors (Lipinski definition) is 4. The summed E-state index contributed by atoms with van der Waals surface area (Å²) in [6.45, 7) is 2.76. The van der Waals surface area contributed by atoms with E-state index in [1.165, 1.54) is 29.6 Å². The summed E-state index contributed by atoms with van der Waals surface area (Å²) in [5.41, 5.74) is 3.19. The van der Waals surface area contributed by atoms with E-state index in [0.29, 0.717) is 12.4 Å². The molecule has 0 aliphatic carbocycles. The van der Waals surface area contributed by atoms with E-state index in [1.54, 1.807) is 12.1 Å². The van der Waals surface area contributed by atoms with Crippen molar-refractivity contribution in [2.45, 2.75) is 13.5 Å². The Balaban J connectivity index is 1.66. The van der Waals surface area contributed by atoms with Crippen molar-refractivity contribution in [1.82, 2.24) is 9.97 Å². The van der Waals surface area contributed by atoms with Crippen LogP contribution in [-0.4, -0.2) is 9.97 Å². The van der Waals surface area contributed by atoms with Crippen LogP contribution < -0.4 is 10.6 Å². The third-order valence-electron chi connectivity index (χ3n) is 3.34. The van der Waals surface area contributed by atoms with Gasteiger partial charge >= 0.3 is 0 Å². The molecule has 5 heteroatoms. The quantitative estimate of drug-likeness (QED) is 0.738. The Morgan fingerprint density at radius 2 is 1.74 bits per heavy atom. The highest BCUT2D eigenvalue weighted by Crippen LogP contribution is 2.17. The van der Waals surface area contributed by atoms with Crippen LogP contribution in [0.1, 0.15) is 11.1 Å². The second-order valence-corrected chi connectivity index (χ2v) is 5.26. The molecular formula is C18H17FN4. The van der Waals surface area contributed by atoms with Crippen LogP contribution in [0.3, 0.4) is 0 Å². The van der Waals surface area contributed by atoms with Crippen molar-refractivity contribution in [2.75, 3.05) is 10.6 Å². The molecule has 2 N–H and O–H groups in total. The Morgan fingerprint density at radius 1 is 0.957 bits per heavy atom. The normalized spacial score (nSPS) is 10.3. The van der Waals surface area contributed by atoms with Crippen LogP contribution in [0.4, 0.5) is 21.7 Å². The Bertz CT molecular complexity index is 787. The van der Waals surface area contributed by atoms with Crippen LogP contribution in [0.25, 0.3) is 0 Å². The Hall–Kier alpha value is -2.95. The molecule has 0 amide bonds. The SMILES string of the molecule is Cc1cccc(CNc2cc(Nc3ccc(F)cc3)ncn2)c1. The number of hydrogen-bond donors (Lipinski definition) is 2. The zero-order chi connectivity index (χ0) is 16.1. The molecule has 0 atom stereocenters. The summed E-state index contributed by atoms with van der Waals surface area (Å²) >= 11 is 0. The molecule has 0 spiro atoms. The molecule has 0 aliphatic rings. The topological polar surface area (TPSA) is 49.8 Å². The summed E-state index contributed by atoms with van der Waals surface area (Å²) in [5.74, 6) is 1.11. The number of benzene rings is 2. The van der Waals surface area contributed by atoms with E-state index in [2.05, 4.69) is 45.7 Å². The molecule has 116 valence electrons. The van der Waals surface area contributed by atoms with Crippen molar-refractivity contribution in [1.29, 1.82) is 0 Å². The van der Waals surface area contributed by atoms with E-state index in [1.807, 2.05) is 12.1 Å². The summed E-state index contributed by atoms with van der Waals surface area (Å²) in [6, 6.07) is 16.3. The molecule has 23 heavy (non-hydrogen) atoms. The van der Waals surface area contributed by atoms with Crippen molar-refractivity contribution in [3.63, 3.8) is 0 Å². The zero-order valence-corrected chi connectivity index (χ0v) is 12.8. The third kappa shape index (κ3) is 4.26. The maximum atomic E-state index is 12.9. The molecule has 0 bridgehead atoms. The maximum Gasteiger partial charge on any atom is 0.135 e. The fourth-order valence-electron chi connectivity index (χ4n) is 2.22. The standard InChI is InChI=1S/C18H17FN4/c1-13-3-2-4-14(9-13)11-20-17-10-18(22-12-21-17)23-16-7-5-15(19)6-8-16/h2-10,12H,11H2,1H3,(H2,20,21,22,23). The monoisotopic (exact) mass is 308 g/mol. The van der Waals surface area contributed by atoms with Gasteiger partial charge in [-0.1, -0.05) is 29.8 Å². The molecule has 4 nitrogen and oxygen atoms in total. The first-order chi connectivity index (χ1) is 11.2. The van der Waals surface area contributed by atoms with Crippen molar-refractivity contribution in [2.24, 2.45) is 0 Å². The van der Waals surface area contributed by atoms with Gasteiger partial charge in [0.25, 0.3) is 0 Å². The van der Waals surface area contributed by atoms with Crippen LogP contribution in [0.5, 0.6) is 0 Å². The molecule has 2 aromatic carbocycles. The van der Waals surface area contributed by atoms with Gasteiger partial charge in [-0.25, -0.2) is 14.4 Å². The largest absolute Gasteiger partial charge is 0.366 e. The average molecular weight is 308 g/mol. The molecule has 1 aromatic heterocycles. The Labute approximate surface area is 134 Å². The minimum atomic E-state index is -0.265. The second kappa shape index (κ2) is 6.87. The van der Waals surface area contributed by atoms with Crippen molar-refractivity contribution in [3.8, 4) is 0 Å². The van der Waals surface area contributed by atoms with Gasteiger partial charge < -0.3 is 10.6 Å². The lowest BCUT2D eigenvalue weighted by Gasteiger charge is -2.09. The molecule has 0 saturated carbocycles. The number of rotatable bonds is 5. The zero-order valence-electron chi connectivity index (χ0n) is 12.8. The van der Waals surface area contributed by atoms with Gasteiger partial charge in [0.2, 0.25) is 0 Å². The maximum absolute atomic E-state index is 12.9. The van der Waals surface area contributed by atoms with E-state index in [0.717, 1.165) is 11.5 Å². The summed E-state index contributed by atoms with van der Waals surface area (Å²) in [7, 11) is 0. The fourth-order valence-corrected chi connectivity index (χ4v) is 2.22. The lowest BCUT2D eigenvalue weighted by molar-refractivity contribution is 0.628. The highest BCUT2D eigenvalue weighted by Gasteiger charge is 2.01. The molecule has 0 unspecified atom stereocenters. The number of aryl methyl sites for hydroxylation is 1. The predicted octanol–water partition coefficient (Wildman–Crippen LogP) is 4.28. The average Bonchev–Trinajstić information content (AvgIpc) is 2.56. The van der Waals surface area contributed by atoms with Crippen LogP contribution in [0, 0.1) is 12.7 Å². The molecule has 0 radical (unpaired) electrons. The molecule has 3 rings (SSSR count). The minimum Gasteiger partial charge on any atom is -0.366 e. The van der Waals surface area contributed by atoms with E-state index in [9.17, 15) is 4.39 Å². The van der Waals surface area contributed by atoms with Crippen molar-refractivity contribution < 1.29 is 4.39 Å². The van der Waals surface area contributed by atoms with Gasteiger partial charge in [-0.15, -0.1) is 0 Å². The van der Waals surface area contributed by atoms with Gasteiger partial charge in [-0.05, 0) is 36.8 Å². The van der Waals surface area contributed by atoms with Crippen molar-refractivity contribution >= 4 is 17.3 Å². The van der Waals surface area contributed by atoms with E-state index in [4.69, 9.17) is 0 Å². The Morgan fingerprint density at radius 3 is 2.52 bits per heavy atom. The van der Waals surface area contributed by atoms with Crippen molar-refractivity contribution in [3.05, 3.63) is 77.9 Å². The van der Waals surface area contributed by atoms with Crippen LogP contribution in [0.15, 0.2) is 60.9 Å². The minimum absolute atomic E-state index is 0.265. The number of halogens is 1. The van der Waals surface area contributed by atoms with Crippen LogP contribution >= 0.6 is 0 Å². The van der Waals surface area contributed by atoms with E-state index < -0.39 is 0 Å². The van der Waals surface area contributed by atoms with Gasteiger partial charge in [0.1, 0.15) is 23.8 Å². The first-order valence-electron chi connectivity index (χ1n) is 7.33. The number of anilines is 3. The van der Waals surface area contributed by atoms with Crippen LogP contribution in [-0.2, 0) is 6.54 Å². The Kier molecular flexibility index (Phi) is 4.47. The van der Waals surface area contributed by atoms with E-state index in [-0.39, 0.29) is 5.82 Å². The molecule has 0 saturated heterocycles. The summed E-state index contributed by atoms with van der Waals surface area (Å²) in [5, 5.41) is 6.39. The molecule has 0 aliphatic heterocycles. The first kappa shape index (κ1) is 15.0. The van der Waals surface area contributed by atoms with Gasteiger partial charge in [0, 0.05) is 18.3 Å². The summed E-state index contributed by atoms with van der Waals surface area (Å²) in [4.78, 5) is 8.38. The smallest absolute Gasteiger partial charge is 0.135 e. The molecule has 0 fully saturated rings. The lowest BCUT2D eigenvalue weighted by atomic mass is 10.1. The molecule has 3 aromatic rings.